The van der Waals surface area contributed by atoms with E-state index in [4.69, 9.17) is 4.74 Å². The van der Waals surface area contributed by atoms with E-state index in [0.717, 1.165) is 35.7 Å². The molecule has 1 aromatic carbocycles. The van der Waals surface area contributed by atoms with Crippen molar-refractivity contribution in [3.8, 4) is 0 Å². The molecule has 3 heterocycles. The molecule has 0 aliphatic carbocycles. The van der Waals surface area contributed by atoms with Crippen molar-refractivity contribution < 1.29 is 14.3 Å². The molecule has 2 amide bonds. The van der Waals surface area contributed by atoms with Crippen molar-refractivity contribution in [3.63, 3.8) is 0 Å². The molecule has 7 nitrogen and oxygen atoms in total. The molecule has 152 valence electrons. The number of aromatic nitrogens is 1. The highest BCUT2D eigenvalue weighted by atomic mass is 16.5. The summed E-state index contributed by atoms with van der Waals surface area (Å²) in [4.78, 5) is 33.6. The number of hydrogen-bond donors (Lipinski definition) is 1. The van der Waals surface area contributed by atoms with Crippen molar-refractivity contribution in [3.05, 3.63) is 47.7 Å². The molecule has 7 heteroatoms. The molecule has 2 saturated heterocycles. The van der Waals surface area contributed by atoms with Crippen LogP contribution in [0, 0.1) is 19.8 Å². The number of rotatable bonds is 4. The van der Waals surface area contributed by atoms with Gasteiger partial charge in [-0.3, -0.25) is 9.59 Å². The van der Waals surface area contributed by atoms with Crippen LogP contribution in [-0.2, 0) is 14.3 Å². The Kier molecular flexibility index (Phi) is 5.49. The highest BCUT2D eigenvalue weighted by molar-refractivity contribution is 6.03. The molecule has 4 rings (SSSR count). The molecule has 0 spiro atoms. The third kappa shape index (κ3) is 4.10. The Hall–Kier alpha value is -2.93. The number of aryl methyl sites for hydroxylation is 1. The minimum absolute atomic E-state index is 0.0142. The standard InChI is InChI=1S/C22H26N4O3/c1-15-4-3-5-19(16(15)2)26-14-17(12-21(26)27)22(28)24-18-6-7-20(23-13-18)25-8-10-29-11-9-25/h3-7,13,17H,8-12,14H2,1-2H3,(H,24,28)/t17-/m0/s1. The maximum Gasteiger partial charge on any atom is 0.229 e. The molecule has 2 aliphatic rings. The number of nitrogens with one attached hydrogen (secondary N) is 1. The van der Waals surface area contributed by atoms with E-state index in [0.29, 0.717) is 25.4 Å². The van der Waals surface area contributed by atoms with Gasteiger partial charge in [0.25, 0.3) is 0 Å². The van der Waals surface area contributed by atoms with Crippen molar-refractivity contribution >= 4 is 29.0 Å². The second kappa shape index (κ2) is 8.21. The number of amides is 2. The lowest BCUT2D eigenvalue weighted by Gasteiger charge is -2.27. The van der Waals surface area contributed by atoms with Crippen LogP contribution < -0.4 is 15.1 Å². The lowest BCUT2D eigenvalue weighted by molar-refractivity contribution is -0.122. The Balaban J connectivity index is 1.40. The van der Waals surface area contributed by atoms with E-state index in [2.05, 4.69) is 15.2 Å². The molecule has 1 N–H and O–H groups in total. The van der Waals surface area contributed by atoms with Crippen LogP contribution in [0.1, 0.15) is 17.5 Å². The van der Waals surface area contributed by atoms with E-state index < -0.39 is 0 Å². The maximum atomic E-state index is 12.7. The fraction of sp³-hybridized carbons (Fsp3) is 0.409. The predicted octanol–water partition coefficient (Wildman–Crippen LogP) is 2.53. The van der Waals surface area contributed by atoms with Gasteiger partial charge >= 0.3 is 0 Å². The minimum atomic E-state index is -0.374. The molecule has 1 atom stereocenters. The van der Waals surface area contributed by atoms with Crippen LogP contribution >= 0.6 is 0 Å². The quantitative estimate of drug-likeness (QED) is 0.863. The molecular formula is C22H26N4O3. The number of carbonyl (C=O) groups excluding carboxylic acids is 2. The second-order valence-corrected chi connectivity index (χ2v) is 7.62. The van der Waals surface area contributed by atoms with Gasteiger partial charge < -0.3 is 19.9 Å². The van der Waals surface area contributed by atoms with Crippen LogP contribution in [0.5, 0.6) is 0 Å². The Bertz CT molecular complexity index is 907. The van der Waals surface area contributed by atoms with Crippen LogP contribution in [0.25, 0.3) is 0 Å². The lowest BCUT2D eigenvalue weighted by Crippen LogP contribution is -2.36. The summed E-state index contributed by atoms with van der Waals surface area (Å²) in [5, 5.41) is 2.91. The maximum absolute atomic E-state index is 12.7. The third-order valence-electron chi connectivity index (χ3n) is 5.71. The van der Waals surface area contributed by atoms with Crippen LogP contribution in [0.2, 0.25) is 0 Å². The molecule has 0 radical (unpaired) electrons. The fourth-order valence-corrected chi connectivity index (χ4v) is 3.83. The number of carbonyl (C=O) groups is 2. The summed E-state index contributed by atoms with van der Waals surface area (Å²) in [5.74, 6) is 0.344. The first kappa shape index (κ1) is 19.4. The summed E-state index contributed by atoms with van der Waals surface area (Å²) in [6.45, 7) is 7.46. The summed E-state index contributed by atoms with van der Waals surface area (Å²) in [6.07, 6.45) is 1.89. The Labute approximate surface area is 170 Å². The van der Waals surface area contributed by atoms with Crippen LogP contribution in [0.3, 0.4) is 0 Å². The zero-order chi connectivity index (χ0) is 20.4. The van der Waals surface area contributed by atoms with Gasteiger partial charge in [0.2, 0.25) is 11.8 Å². The molecular weight excluding hydrogens is 368 g/mol. The van der Waals surface area contributed by atoms with Gasteiger partial charge in [0.1, 0.15) is 5.82 Å². The summed E-state index contributed by atoms with van der Waals surface area (Å²) in [7, 11) is 0. The largest absolute Gasteiger partial charge is 0.378 e. The number of morpholine rings is 1. The van der Waals surface area contributed by atoms with Crippen molar-refractivity contribution in [2.45, 2.75) is 20.3 Å². The van der Waals surface area contributed by atoms with E-state index in [1.165, 1.54) is 0 Å². The monoisotopic (exact) mass is 394 g/mol. The first-order valence-electron chi connectivity index (χ1n) is 9.99. The summed E-state index contributed by atoms with van der Waals surface area (Å²) in [6, 6.07) is 9.67. The van der Waals surface area contributed by atoms with Gasteiger partial charge in [-0.15, -0.1) is 0 Å². The number of pyridine rings is 1. The van der Waals surface area contributed by atoms with Gasteiger partial charge in [-0.1, -0.05) is 12.1 Å². The van der Waals surface area contributed by atoms with Gasteiger partial charge in [-0.25, -0.2) is 4.98 Å². The Morgan fingerprint density at radius 2 is 1.97 bits per heavy atom. The van der Waals surface area contributed by atoms with E-state index in [9.17, 15) is 9.59 Å². The molecule has 29 heavy (non-hydrogen) atoms. The fourth-order valence-electron chi connectivity index (χ4n) is 3.83. The average Bonchev–Trinajstić information content (AvgIpc) is 3.13. The number of anilines is 3. The van der Waals surface area contributed by atoms with E-state index in [1.54, 1.807) is 11.1 Å². The summed E-state index contributed by atoms with van der Waals surface area (Å²) < 4.78 is 5.36. The van der Waals surface area contributed by atoms with E-state index >= 15 is 0 Å². The summed E-state index contributed by atoms with van der Waals surface area (Å²) in [5.41, 5.74) is 3.74. The molecule has 1 aromatic heterocycles. The molecule has 0 bridgehead atoms. The first-order chi connectivity index (χ1) is 14.0. The van der Waals surface area contributed by atoms with E-state index in [1.807, 2.05) is 44.2 Å². The van der Waals surface area contributed by atoms with Gasteiger partial charge in [0, 0.05) is 31.7 Å². The molecule has 2 aliphatic heterocycles. The highest BCUT2D eigenvalue weighted by Crippen LogP contribution is 2.30. The highest BCUT2D eigenvalue weighted by Gasteiger charge is 2.35. The molecule has 0 unspecified atom stereocenters. The summed E-state index contributed by atoms with van der Waals surface area (Å²) >= 11 is 0. The Morgan fingerprint density at radius 3 is 2.69 bits per heavy atom. The van der Waals surface area contributed by atoms with Gasteiger partial charge in [0.05, 0.1) is 31.0 Å². The van der Waals surface area contributed by atoms with Gasteiger partial charge in [-0.05, 0) is 43.2 Å². The van der Waals surface area contributed by atoms with Crippen molar-refractivity contribution in [1.82, 2.24) is 4.98 Å². The second-order valence-electron chi connectivity index (χ2n) is 7.62. The predicted molar refractivity (Wildman–Crippen MR) is 112 cm³/mol. The topological polar surface area (TPSA) is 74.8 Å². The normalized spacial score (nSPS) is 19.5. The number of ether oxygens (including phenoxy) is 1. The van der Waals surface area contributed by atoms with E-state index in [-0.39, 0.29) is 24.2 Å². The Morgan fingerprint density at radius 1 is 1.17 bits per heavy atom. The van der Waals surface area contributed by atoms with Crippen LogP contribution in [0.4, 0.5) is 17.2 Å². The molecule has 2 aromatic rings. The van der Waals surface area contributed by atoms with Crippen molar-refractivity contribution in [2.24, 2.45) is 5.92 Å². The van der Waals surface area contributed by atoms with Crippen LogP contribution in [-0.4, -0.2) is 49.6 Å². The van der Waals surface area contributed by atoms with Crippen LogP contribution in [0.15, 0.2) is 36.5 Å². The zero-order valence-corrected chi connectivity index (χ0v) is 16.9. The van der Waals surface area contributed by atoms with Gasteiger partial charge in [-0.2, -0.15) is 0 Å². The third-order valence-corrected chi connectivity index (χ3v) is 5.71. The minimum Gasteiger partial charge on any atom is -0.378 e. The molecule has 2 fully saturated rings. The lowest BCUT2D eigenvalue weighted by atomic mass is 10.1. The molecule has 0 saturated carbocycles. The number of nitrogens with zero attached hydrogens (tertiary/aromatic N) is 3. The smallest absolute Gasteiger partial charge is 0.229 e. The zero-order valence-electron chi connectivity index (χ0n) is 16.9. The number of hydrogen-bond acceptors (Lipinski definition) is 5. The van der Waals surface area contributed by atoms with Gasteiger partial charge in [0.15, 0.2) is 0 Å². The number of benzene rings is 1. The van der Waals surface area contributed by atoms with Crippen molar-refractivity contribution in [1.29, 1.82) is 0 Å². The van der Waals surface area contributed by atoms with Crippen molar-refractivity contribution in [2.75, 3.05) is 48.0 Å². The average molecular weight is 394 g/mol. The first-order valence-corrected chi connectivity index (χ1v) is 9.99. The SMILES string of the molecule is Cc1cccc(N2C[C@@H](C(=O)Nc3ccc(N4CCOCC4)nc3)CC2=O)c1C.